The molecule has 1 heterocycles. The van der Waals surface area contributed by atoms with Crippen LogP contribution in [0.25, 0.3) is 0 Å². The number of carbonyl (C=O) groups is 1. The van der Waals surface area contributed by atoms with Crippen molar-refractivity contribution in [2.24, 2.45) is 5.92 Å². The van der Waals surface area contributed by atoms with Crippen LogP contribution in [-0.2, 0) is 9.53 Å². The summed E-state index contributed by atoms with van der Waals surface area (Å²) >= 11 is 0. The number of aliphatic hydroxyl groups is 2. The topological polar surface area (TPSA) is 66.8 Å². The van der Waals surface area contributed by atoms with Gasteiger partial charge in [0.2, 0.25) is 0 Å². The molecule has 4 heteroatoms. The smallest absolute Gasteiger partial charge is 0.324 e. The van der Waals surface area contributed by atoms with Gasteiger partial charge in [-0.2, -0.15) is 0 Å². The van der Waals surface area contributed by atoms with Crippen LogP contribution in [0.5, 0.6) is 0 Å². The SMILES string of the molecule is C[C@H]1C(=O)OC(O)=C1O. The van der Waals surface area contributed by atoms with Gasteiger partial charge in [0, 0.05) is 0 Å². The van der Waals surface area contributed by atoms with Crippen LogP contribution in [-0.4, -0.2) is 16.2 Å². The lowest BCUT2D eigenvalue weighted by atomic mass is 10.2. The van der Waals surface area contributed by atoms with E-state index in [-0.39, 0.29) is 5.76 Å². The molecule has 0 bridgehead atoms. The van der Waals surface area contributed by atoms with Crippen LogP contribution in [0.2, 0.25) is 0 Å². The van der Waals surface area contributed by atoms with Crippen molar-refractivity contribution in [3.63, 3.8) is 0 Å². The molecular formula is C5H6O4. The second-order valence-electron chi connectivity index (χ2n) is 1.83. The first-order valence-corrected chi connectivity index (χ1v) is 2.46. The van der Waals surface area contributed by atoms with Gasteiger partial charge in [-0.25, -0.2) is 0 Å². The molecule has 0 fully saturated rings. The predicted octanol–water partition coefficient (Wildman–Crippen LogP) is 0.464. The highest BCUT2D eigenvalue weighted by atomic mass is 16.6. The van der Waals surface area contributed by atoms with E-state index < -0.39 is 17.8 Å². The fourth-order valence-corrected chi connectivity index (χ4v) is 0.533. The van der Waals surface area contributed by atoms with Crippen LogP contribution in [0.1, 0.15) is 6.92 Å². The first-order valence-electron chi connectivity index (χ1n) is 2.46. The number of cyclic esters (lactones) is 1. The molecule has 0 saturated carbocycles. The van der Waals surface area contributed by atoms with E-state index in [1.54, 1.807) is 0 Å². The Balaban J connectivity index is 2.87. The molecule has 0 saturated heterocycles. The highest BCUT2D eigenvalue weighted by Crippen LogP contribution is 2.21. The molecule has 0 aliphatic carbocycles. The standard InChI is InChI=1S/C5H6O4/c1-2-3(6)5(8)9-4(2)7/h2,6,8H,1H3/t2-/m1/s1. The van der Waals surface area contributed by atoms with Crippen molar-refractivity contribution in [1.82, 2.24) is 0 Å². The molecule has 0 radical (unpaired) electrons. The molecule has 9 heavy (non-hydrogen) atoms. The molecular weight excluding hydrogens is 124 g/mol. The van der Waals surface area contributed by atoms with Gasteiger partial charge in [-0.3, -0.25) is 4.79 Å². The summed E-state index contributed by atoms with van der Waals surface area (Å²) < 4.78 is 4.13. The molecule has 0 amide bonds. The lowest BCUT2D eigenvalue weighted by Crippen LogP contribution is -2.06. The van der Waals surface area contributed by atoms with Gasteiger partial charge in [-0.05, 0) is 6.92 Å². The van der Waals surface area contributed by atoms with Gasteiger partial charge in [0.05, 0.1) is 0 Å². The zero-order valence-corrected chi connectivity index (χ0v) is 4.79. The molecule has 1 rings (SSSR count). The fourth-order valence-electron chi connectivity index (χ4n) is 0.533. The zero-order valence-electron chi connectivity index (χ0n) is 4.79. The Labute approximate surface area is 51.4 Å². The Morgan fingerprint density at radius 3 is 2.22 bits per heavy atom. The van der Waals surface area contributed by atoms with E-state index in [0.717, 1.165) is 0 Å². The quantitative estimate of drug-likeness (QED) is 0.467. The maximum absolute atomic E-state index is 10.4. The normalized spacial score (nSPS) is 26.8. The van der Waals surface area contributed by atoms with Crippen LogP contribution in [0.4, 0.5) is 0 Å². The van der Waals surface area contributed by atoms with Gasteiger partial charge in [0.25, 0.3) is 0 Å². The van der Waals surface area contributed by atoms with E-state index in [4.69, 9.17) is 10.2 Å². The molecule has 0 aromatic rings. The largest absolute Gasteiger partial charge is 0.505 e. The minimum absolute atomic E-state index is 0.389. The Bertz CT molecular complexity index is 181. The van der Waals surface area contributed by atoms with E-state index in [1.807, 2.05) is 0 Å². The summed E-state index contributed by atoms with van der Waals surface area (Å²) in [4.78, 5) is 10.4. The van der Waals surface area contributed by atoms with Gasteiger partial charge >= 0.3 is 11.9 Å². The van der Waals surface area contributed by atoms with Gasteiger partial charge in [0.15, 0.2) is 5.76 Å². The number of hydrogen-bond acceptors (Lipinski definition) is 4. The van der Waals surface area contributed by atoms with Crippen molar-refractivity contribution in [3.8, 4) is 0 Å². The van der Waals surface area contributed by atoms with Crippen LogP contribution >= 0.6 is 0 Å². The van der Waals surface area contributed by atoms with Crippen molar-refractivity contribution in [2.45, 2.75) is 6.92 Å². The second kappa shape index (κ2) is 1.65. The highest BCUT2D eigenvalue weighted by Gasteiger charge is 2.31. The average molecular weight is 130 g/mol. The highest BCUT2D eigenvalue weighted by molar-refractivity contribution is 5.78. The first kappa shape index (κ1) is 5.94. The molecule has 1 aliphatic heterocycles. The predicted molar refractivity (Wildman–Crippen MR) is 27.5 cm³/mol. The van der Waals surface area contributed by atoms with Crippen molar-refractivity contribution < 1.29 is 19.7 Å². The summed E-state index contributed by atoms with van der Waals surface area (Å²) in [5, 5.41) is 17.2. The number of aliphatic hydroxyl groups excluding tert-OH is 2. The van der Waals surface area contributed by atoms with Gasteiger partial charge in [-0.1, -0.05) is 0 Å². The van der Waals surface area contributed by atoms with Crippen molar-refractivity contribution in [2.75, 3.05) is 0 Å². The summed E-state index contributed by atoms with van der Waals surface area (Å²) in [6.45, 7) is 1.45. The Hall–Kier alpha value is -1.19. The lowest BCUT2D eigenvalue weighted by Gasteiger charge is -1.91. The van der Waals surface area contributed by atoms with Crippen LogP contribution in [0.3, 0.4) is 0 Å². The third kappa shape index (κ3) is 0.718. The number of hydrogen-bond donors (Lipinski definition) is 2. The van der Waals surface area contributed by atoms with Crippen LogP contribution in [0, 0.1) is 5.92 Å². The Morgan fingerprint density at radius 2 is 2.11 bits per heavy atom. The van der Waals surface area contributed by atoms with E-state index >= 15 is 0 Å². The number of esters is 1. The van der Waals surface area contributed by atoms with Crippen molar-refractivity contribution in [1.29, 1.82) is 0 Å². The van der Waals surface area contributed by atoms with Crippen LogP contribution in [0.15, 0.2) is 11.7 Å². The molecule has 0 unspecified atom stereocenters. The first-order chi connectivity index (χ1) is 4.13. The molecule has 1 atom stereocenters. The van der Waals surface area contributed by atoms with Crippen molar-refractivity contribution >= 4 is 5.97 Å². The maximum Gasteiger partial charge on any atom is 0.324 e. The Morgan fingerprint density at radius 1 is 1.56 bits per heavy atom. The van der Waals surface area contributed by atoms with Gasteiger partial charge in [-0.15, -0.1) is 0 Å². The average Bonchev–Trinajstić information content (AvgIpc) is 1.98. The lowest BCUT2D eigenvalue weighted by molar-refractivity contribution is -0.142. The van der Waals surface area contributed by atoms with Gasteiger partial charge in [0.1, 0.15) is 5.92 Å². The van der Waals surface area contributed by atoms with Crippen molar-refractivity contribution in [3.05, 3.63) is 11.7 Å². The van der Waals surface area contributed by atoms with E-state index in [9.17, 15) is 4.79 Å². The molecule has 1 aliphatic rings. The summed E-state index contributed by atoms with van der Waals surface area (Å²) in [7, 11) is 0. The summed E-state index contributed by atoms with van der Waals surface area (Å²) in [5.41, 5.74) is 0. The molecule has 4 nitrogen and oxygen atoms in total. The summed E-state index contributed by atoms with van der Waals surface area (Å²) in [6.07, 6.45) is 0. The number of carbonyl (C=O) groups excluding carboxylic acids is 1. The number of ether oxygens (including phenoxy) is 1. The van der Waals surface area contributed by atoms with E-state index in [2.05, 4.69) is 4.74 Å². The monoisotopic (exact) mass is 130 g/mol. The minimum Gasteiger partial charge on any atom is -0.505 e. The van der Waals surface area contributed by atoms with Gasteiger partial charge < -0.3 is 14.9 Å². The number of rotatable bonds is 0. The van der Waals surface area contributed by atoms with Crippen LogP contribution < -0.4 is 0 Å². The fraction of sp³-hybridized carbons (Fsp3) is 0.400. The van der Waals surface area contributed by atoms with E-state index in [0.29, 0.717) is 0 Å². The minimum atomic E-state index is -0.718. The third-order valence-electron chi connectivity index (χ3n) is 1.18. The molecule has 0 aromatic carbocycles. The summed E-state index contributed by atoms with van der Waals surface area (Å²) in [6, 6.07) is 0. The van der Waals surface area contributed by atoms with E-state index in [1.165, 1.54) is 6.92 Å². The Kier molecular flexibility index (Phi) is 1.09. The zero-order chi connectivity index (χ0) is 7.02. The molecule has 2 N–H and O–H groups in total. The second-order valence-corrected chi connectivity index (χ2v) is 1.83. The molecule has 50 valence electrons. The molecule has 0 aromatic heterocycles. The third-order valence-corrected chi connectivity index (χ3v) is 1.18. The molecule has 0 spiro atoms. The summed E-state index contributed by atoms with van der Waals surface area (Å²) in [5.74, 6) is -2.40. The maximum atomic E-state index is 10.4.